The van der Waals surface area contributed by atoms with E-state index in [1.54, 1.807) is 30.3 Å². The summed E-state index contributed by atoms with van der Waals surface area (Å²) in [5.74, 6) is -4.27. The van der Waals surface area contributed by atoms with Crippen LogP contribution in [0.4, 0.5) is 0 Å². The average molecular weight is 597 g/mol. The quantitative estimate of drug-likeness (QED) is 0.0574. The van der Waals surface area contributed by atoms with Crippen LogP contribution in [0, 0.1) is 0 Å². The summed E-state index contributed by atoms with van der Waals surface area (Å²) in [6.07, 6.45) is 0.181. The molecule has 2 aromatic carbocycles. The molecule has 12 N–H and O–H groups in total. The van der Waals surface area contributed by atoms with Gasteiger partial charge in [-0.25, -0.2) is 4.79 Å². The zero-order chi connectivity index (χ0) is 31.8. The summed E-state index contributed by atoms with van der Waals surface area (Å²) in [4.78, 5) is 66.6. The number of carboxylic acid groups (broad SMARTS) is 1. The van der Waals surface area contributed by atoms with E-state index >= 15 is 0 Å². The fourth-order valence-electron chi connectivity index (χ4n) is 4.16. The molecule has 4 amide bonds. The molecule has 4 atom stereocenters. The van der Waals surface area contributed by atoms with Crippen LogP contribution in [-0.2, 0) is 36.8 Å². The van der Waals surface area contributed by atoms with Crippen LogP contribution in [0.5, 0.6) is 0 Å². The van der Waals surface area contributed by atoms with Crippen LogP contribution in [0.3, 0.4) is 0 Å². The van der Waals surface area contributed by atoms with E-state index in [4.69, 9.17) is 22.9 Å². The number of benzene rings is 2. The summed E-state index contributed by atoms with van der Waals surface area (Å²) in [5.41, 5.74) is 23.6. The third-order valence-electron chi connectivity index (χ3n) is 6.42. The first-order valence-corrected chi connectivity index (χ1v) is 13.8. The van der Waals surface area contributed by atoms with Crippen molar-refractivity contribution in [3.63, 3.8) is 0 Å². The fraction of sp³-hybridized carbons (Fsp3) is 0.379. The number of aliphatic imine (C=N–C) groups is 1. The zero-order valence-electron chi connectivity index (χ0n) is 23.8. The summed E-state index contributed by atoms with van der Waals surface area (Å²) < 4.78 is 0. The normalized spacial score (nSPS) is 13.4. The number of guanidine groups is 1. The number of nitrogens with two attached hydrogens (primary N) is 4. The van der Waals surface area contributed by atoms with Crippen LogP contribution < -0.4 is 38.9 Å². The number of carbonyl (C=O) groups excluding carboxylic acids is 4. The molecule has 0 aliphatic carbocycles. The number of carboxylic acids is 1. The summed E-state index contributed by atoms with van der Waals surface area (Å²) in [5, 5.41) is 17.2. The third-order valence-corrected chi connectivity index (χ3v) is 6.42. The van der Waals surface area contributed by atoms with Crippen molar-refractivity contribution in [2.45, 2.75) is 62.7 Å². The SMILES string of the molecule is NC(=O)CCC(NC(=O)C(Cc1ccccc1)NC(=O)C(CCCN=C(N)N)NC(=O)C(N)Cc1ccccc1)C(=O)O. The third kappa shape index (κ3) is 13.0. The maximum atomic E-state index is 13.5. The summed E-state index contributed by atoms with van der Waals surface area (Å²) >= 11 is 0. The first-order chi connectivity index (χ1) is 20.5. The molecule has 2 rings (SSSR count). The van der Waals surface area contributed by atoms with Gasteiger partial charge in [0.1, 0.15) is 18.1 Å². The molecular weight excluding hydrogens is 556 g/mol. The van der Waals surface area contributed by atoms with Crippen molar-refractivity contribution in [1.29, 1.82) is 0 Å². The summed E-state index contributed by atoms with van der Waals surface area (Å²) in [7, 11) is 0. The Balaban J connectivity index is 2.24. The largest absolute Gasteiger partial charge is 0.480 e. The van der Waals surface area contributed by atoms with Gasteiger partial charge in [-0.3, -0.25) is 24.2 Å². The Kier molecular flexibility index (Phi) is 14.1. The van der Waals surface area contributed by atoms with Crippen molar-refractivity contribution in [3.05, 3.63) is 71.8 Å². The summed E-state index contributed by atoms with van der Waals surface area (Å²) in [6, 6.07) is 13.2. The first-order valence-electron chi connectivity index (χ1n) is 13.8. The van der Waals surface area contributed by atoms with Crippen LogP contribution in [0.25, 0.3) is 0 Å². The number of carbonyl (C=O) groups is 5. The van der Waals surface area contributed by atoms with Gasteiger partial charge in [0.25, 0.3) is 0 Å². The number of nitrogens with zero attached hydrogens (tertiary/aromatic N) is 1. The number of amides is 4. The van der Waals surface area contributed by atoms with Crippen LogP contribution in [0.1, 0.15) is 36.8 Å². The molecule has 0 aromatic heterocycles. The predicted octanol–water partition coefficient (Wildman–Crippen LogP) is -1.34. The lowest BCUT2D eigenvalue weighted by molar-refractivity contribution is -0.142. The Bertz CT molecular complexity index is 1250. The Morgan fingerprint density at radius 3 is 1.74 bits per heavy atom. The number of hydrogen-bond acceptors (Lipinski definition) is 7. The lowest BCUT2D eigenvalue weighted by Crippen LogP contribution is -2.57. The zero-order valence-corrected chi connectivity index (χ0v) is 23.8. The number of hydrogen-bond donors (Lipinski definition) is 8. The van der Waals surface area contributed by atoms with Gasteiger partial charge in [-0.1, -0.05) is 60.7 Å². The van der Waals surface area contributed by atoms with Gasteiger partial charge < -0.3 is 44.0 Å². The predicted molar refractivity (Wildman–Crippen MR) is 160 cm³/mol. The molecule has 0 saturated heterocycles. The van der Waals surface area contributed by atoms with Crippen molar-refractivity contribution < 1.29 is 29.1 Å². The number of nitrogens with one attached hydrogen (secondary N) is 3. The molecule has 232 valence electrons. The van der Waals surface area contributed by atoms with Crippen LogP contribution >= 0.6 is 0 Å². The van der Waals surface area contributed by atoms with Gasteiger partial charge >= 0.3 is 5.97 Å². The average Bonchev–Trinajstić information content (AvgIpc) is 2.96. The molecule has 0 spiro atoms. The molecule has 43 heavy (non-hydrogen) atoms. The highest BCUT2D eigenvalue weighted by atomic mass is 16.4. The van der Waals surface area contributed by atoms with E-state index in [1.807, 2.05) is 30.3 Å². The monoisotopic (exact) mass is 596 g/mol. The van der Waals surface area contributed by atoms with Crippen LogP contribution in [0.15, 0.2) is 65.7 Å². The number of rotatable bonds is 18. The molecule has 0 aliphatic heterocycles. The van der Waals surface area contributed by atoms with E-state index in [9.17, 15) is 29.1 Å². The Labute approximate surface area is 249 Å². The second-order valence-electron chi connectivity index (χ2n) is 9.96. The minimum Gasteiger partial charge on any atom is -0.480 e. The topological polar surface area (TPSA) is 258 Å². The van der Waals surface area contributed by atoms with Crippen LogP contribution in [-0.4, -0.2) is 71.4 Å². The van der Waals surface area contributed by atoms with Crippen molar-refractivity contribution in [2.24, 2.45) is 27.9 Å². The van der Waals surface area contributed by atoms with Gasteiger partial charge in [-0.2, -0.15) is 0 Å². The van der Waals surface area contributed by atoms with Gasteiger partial charge in [0.15, 0.2) is 5.96 Å². The second kappa shape index (κ2) is 17.7. The molecule has 0 saturated carbocycles. The molecule has 14 nitrogen and oxygen atoms in total. The first kappa shape index (κ1) is 34.2. The maximum absolute atomic E-state index is 13.5. The van der Waals surface area contributed by atoms with E-state index in [2.05, 4.69) is 20.9 Å². The minimum atomic E-state index is -1.42. The number of aliphatic carboxylic acids is 1. The van der Waals surface area contributed by atoms with E-state index in [0.717, 1.165) is 5.56 Å². The maximum Gasteiger partial charge on any atom is 0.326 e. The highest BCUT2D eigenvalue weighted by Crippen LogP contribution is 2.08. The molecule has 14 heteroatoms. The number of primary amides is 1. The molecular formula is C29H40N8O6. The van der Waals surface area contributed by atoms with Crippen molar-refractivity contribution in [2.75, 3.05) is 6.54 Å². The molecule has 0 heterocycles. The Hall–Kier alpha value is -4.98. The Morgan fingerprint density at radius 2 is 1.21 bits per heavy atom. The van der Waals surface area contributed by atoms with Gasteiger partial charge in [0, 0.05) is 19.4 Å². The fourth-order valence-corrected chi connectivity index (χ4v) is 4.16. The van der Waals surface area contributed by atoms with E-state index in [0.29, 0.717) is 12.0 Å². The van der Waals surface area contributed by atoms with Crippen molar-refractivity contribution in [1.82, 2.24) is 16.0 Å². The molecule has 2 aromatic rings. The van der Waals surface area contributed by atoms with Crippen molar-refractivity contribution >= 4 is 35.6 Å². The lowest BCUT2D eigenvalue weighted by Gasteiger charge is -2.25. The smallest absolute Gasteiger partial charge is 0.326 e. The van der Waals surface area contributed by atoms with E-state index in [1.165, 1.54) is 0 Å². The molecule has 0 fully saturated rings. The minimum absolute atomic E-state index is 0.0166. The lowest BCUT2D eigenvalue weighted by atomic mass is 10.0. The van der Waals surface area contributed by atoms with Gasteiger partial charge in [0.05, 0.1) is 6.04 Å². The van der Waals surface area contributed by atoms with Gasteiger partial charge in [-0.15, -0.1) is 0 Å². The standard InChI is InChI=1S/C29H40N8O6/c30-20(16-18-8-3-1-4-9-18)25(39)35-21(12-7-15-34-29(32)33)26(40)37-23(17-19-10-5-2-6-11-19)27(41)36-22(28(42)43)13-14-24(31)38/h1-6,8-11,20-23H,7,12-17,30H2,(H2,31,38)(H,35,39)(H,36,41)(H,37,40)(H,42,43)(H4,32,33,34). The Morgan fingerprint density at radius 1 is 0.698 bits per heavy atom. The van der Waals surface area contributed by atoms with Gasteiger partial charge in [0.2, 0.25) is 23.6 Å². The van der Waals surface area contributed by atoms with E-state index in [-0.39, 0.29) is 44.6 Å². The molecule has 4 unspecified atom stereocenters. The van der Waals surface area contributed by atoms with Crippen LogP contribution in [0.2, 0.25) is 0 Å². The molecule has 0 bridgehead atoms. The van der Waals surface area contributed by atoms with Gasteiger partial charge in [-0.05, 0) is 36.8 Å². The highest BCUT2D eigenvalue weighted by Gasteiger charge is 2.30. The van der Waals surface area contributed by atoms with E-state index < -0.39 is 53.8 Å². The summed E-state index contributed by atoms with van der Waals surface area (Å²) in [6.45, 7) is 0.187. The molecule has 0 aliphatic rings. The second-order valence-corrected chi connectivity index (χ2v) is 9.96. The highest BCUT2D eigenvalue weighted by molar-refractivity contribution is 5.94. The molecule has 0 radical (unpaired) electrons. The van der Waals surface area contributed by atoms with Crippen molar-refractivity contribution in [3.8, 4) is 0 Å².